The summed E-state index contributed by atoms with van der Waals surface area (Å²) < 4.78 is 0. The molecule has 2 atom stereocenters. The Morgan fingerprint density at radius 2 is 1.19 bits per heavy atom. The quantitative estimate of drug-likeness (QED) is 0.113. The summed E-state index contributed by atoms with van der Waals surface area (Å²) in [5.41, 5.74) is 15.6. The molecule has 0 N–H and O–H groups in total. The van der Waals surface area contributed by atoms with Crippen LogP contribution in [0.25, 0.3) is 24.3 Å². The topological polar surface area (TPSA) is 0 Å². The van der Waals surface area contributed by atoms with Crippen LogP contribution in [0.15, 0.2) is 122 Å². The third-order valence-corrected chi connectivity index (χ3v) is 11.9. The summed E-state index contributed by atoms with van der Waals surface area (Å²) in [7, 11) is 0. The molecule has 0 heterocycles. The molecule has 268 valence electrons. The first-order valence-corrected chi connectivity index (χ1v) is 19.7. The van der Waals surface area contributed by atoms with Crippen LogP contribution in [0.4, 0.5) is 0 Å². The van der Waals surface area contributed by atoms with Crippen LogP contribution in [0.3, 0.4) is 0 Å². The first-order chi connectivity index (χ1) is 25.3. The lowest BCUT2D eigenvalue weighted by atomic mass is 9.62. The van der Waals surface area contributed by atoms with Gasteiger partial charge < -0.3 is 0 Å². The van der Waals surface area contributed by atoms with Crippen LogP contribution in [-0.2, 0) is 10.8 Å². The average molecular weight is 685 g/mol. The van der Waals surface area contributed by atoms with Gasteiger partial charge in [-0.05, 0) is 117 Å². The minimum absolute atomic E-state index is 0.196. The number of hydrogen-bond donors (Lipinski definition) is 0. The fraction of sp³-hybridized carbons (Fsp3) is 0.308. The van der Waals surface area contributed by atoms with Gasteiger partial charge in [-0.15, -0.1) is 0 Å². The van der Waals surface area contributed by atoms with Gasteiger partial charge in [-0.25, -0.2) is 0 Å². The SMILES string of the molecule is C=Cc1ccc(/C=C/c2cccc(C(c3ccccc3)(c3ccccc3)c3ccc4c(c3C)C3CCCCC3C4(C)C)c2C)cc1C=C.CC.CC. The van der Waals surface area contributed by atoms with E-state index in [0.717, 1.165) is 22.6 Å². The van der Waals surface area contributed by atoms with E-state index in [1.165, 1.54) is 64.6 Å². The second-order valence-corrected chi connectivity index (χ2v) is 14.6. The van der Waals surface area contributed by atoms with Crippen molar-refractivity contribution >= 4 is 24.3 Å². The molecule has 52 heavy (non-hydrogen) atoms. The van der Waals surface area contributed by atoms with E-state index in [1.807, 2.05) is 39.8 Å². The molecule has 0 heteroatoms. The summed E-state index contributed by atoms with van der Waals surface area (Å²) in [6.45, 7) is 25.8. The van der Waals surface area contributed by atoms with Crippen molar-refractivity contribution in [2.45, 2.75) is 97.8 Å². The summed E-state index contributed by atoms with van der Waals surface area (Å²) in [5.74, 6) is 1.35. The van der Waals surface area contributed by atoms with E-state index in [0.29, 0.717) is 5.92 Å². The zero-order valence-corrected chi connectivity index (χ0v) is 33.1. The second kappa shape index (κ2) is 16.8. The Labute approximate surface area is 316 Å². The van der Waals surface area contributed by atoms with Crippen LogP contribution < -0.4 is 0 Å². The zero-order valence-electron chi connectivity index (χ0n) is 33.1. The zero-order chi connectivity index (χ0) is 37.5. The number of benzene rings is 5. The normalized spacial score (nSPS) is 17.2. The highest BCUT2D eigenvalue weighted by molar-refractivity contribution is 5.76. The van der Waals surface area contributed by atoms with E-state index < -0.39 is 5.41 Å². The predicted octanol–water partition coefficient (Wildman–Crippen LogP) is 14.8. The van der Waals surface area contributed by atoms with Gasteiger partial charge in [0.05, 0.1) is 5.41 Å². The standard InChI is InChI=1S/C48H48.2C2H6/c1-7-36-28-26-35(32-37(36)8-2)27-29-38-18-17-25-42(33(38)3)48(39-19-11-9-12-20-39,40-21-13-10-14-22-40)43-30-31-45-46(34(43)4)41-23-15-16-24-44(41)47(45,5)6;2*1-2/h7-14,17-22,25-32,41,44H,1-2,15-16,23-24H2,3-6H3;2*1-2H3/b29-27+;;. The van der Waals surface area contributed by atoms with Crippen LogP contribution in [0.2, 0.25) is 0 Å². The maximum absolute atomic E-state index is 4.03. The lowest BCUT2D eigenvalue weighted by molar-refractivity contribution is 0.232. The summed E-state index contributed by atoms with van der Waals surface area (Å²) >= 11 is 0. The van der Waals surface area contributed by atoms with E-state index in [9.17, 15) is 0 Å². The smallest absolute Gasteiger partial charge is 0.0707 e. The van der Waals surface area contributed by atoms with Crippen molar-refractivity contribution in [1.82, 2.24) is 0 Å². The molecule has 2 aliphatic rings. The summed E-state index contributed by atoms with van der Waals surface area (Å²) in [5, 5.41) is 0. The minimum Gasteiger partial charge on any atom is -0.0984 e. The number of fused-ring (bicyclic) bond motifs is 3. The molecule has 0 amide bonds. The molecule has 2 aliphatic carbocycles. The van der Waals surface area contributed by atoms with E-state index in [1.54, 1.807) is 11.1 Å². The predicted molar refractivity (Wildman–Crippen MR) is 230 cm³/mol. The molecule has 0 radical (unpaired) electrons. The number of rotatable bonds is 8. The minimum atomic E-state index is -0.492. The molecule has 7 rings (SSSR count). The van der Waals surface area contributed by atoms with Crippen molar-refractivity contribution in [1.29, 1.82) is 0 Å². The van der Waals surface area contributed by atoms with Crippen LogP contribution >= 0.6 is 0 Å². The van der Waals surface area contributed by atoms with Gasteiger partial charge in [0, 0.05) is 0 Å². The highest BCUT2D eigenvalue weighted by Crippen LogP contribution is 2.59. The van der Waals surface area contributed by atoms with E-state index in [-0.39, 0.29) is 5.41 Å². The highest BCUT2D eigenvalue weighted by Gasteiger charge is 2.49. The molecule has 0 nitrogen and oxygen atoms in total. The molecule has 1 fully saturated rings. The molecular weight excluding hydrogens is 625 g/mol. The Kier molecular flexibility index (Phi) is 12.4. The third-order valence-electron chi connectivity index (χ3n) is 11.9. The lowest BCUT2D eigenvalue weighted by Gasteiger charge is -2.40. The van der Waals surface area contributed by atoms with Crippen molar-refractivity contribution in [2.24, 2.45) is 5.92 Å². The van der Waals surface area contributed by atoms with Crippen molar-refractivity contribution in [3.8, 4) is 0 Å². The fourth-order valence-electron chi connectivity index (χ4n) is 9.51. The summed E-state index contributed by atoms with van der Waals surface area (Å²) in [6, 6.07) is 40.8. The molecule has 1 saturated carbocycles. The lowest BCUT2D eigenvalue weighted by Crippen LogP contribution is -2.33. The molecule has 5 aromatic carbocycles. The van der Waals surface area contributed by atoms with E-state index in [2.05, 4.69) is 162 Å². The van der Waals surface area contributed by atoms with E-state index in [4.69, 9.17) is 0 Å². The maximum Gasteiger partial charge on any atom is 0.0707 e. The first kappa shape index (κ1) is 38.5. The van der Waals surface area contributed by atoms with Crippen LogP contribution in [-0.4, -0.2) is 0 Å². The molecule has 2 unspecified atom stereocenters. The van der Waals surface area contributed by atoms with Gasteiger partial charge in [-0.1, -0.05) is 195 Å². The van der Waals surface area contributed by atoms with Crippen molar-refractivity contribution < 1.29 is 0 Å². The second-order valence-electron chi connectivity index (χ2n) is 14.6. The Hall–Kier alpha value is -4.68. The monoisotopic (exact) mass is 684 g/mol. The summed E-state index contributed by atoms with van der Waals surface area (Å²) in [4.78, 5) is 0. The molecule has 0 bridgehead atoms. The van der Waals surface area contributed by atoms with Crippen molar-refractivity contribution in [3.05, 3.63) is 189 Å². The van der Waals surface area contributed by atoms with Gasteiger partial charge in [-0.2, -0.15) is 0 Å². The Morgan fingerprint density at radius 3 is 1.81 bits per heavy atom. The van der Waals surface area contributed by atoms with Gasteiger partial charge in [-0.3, -0.25) is 0 Å². The first-order valence-electron chi connectivity index (χ1n) is 19.7. The summed E-state index contributed by atoms with van der Waals surface area (Å²) in [6.07, 6.45) is 13.6. The van der Waals surface area contributed by atoms with Crippen LogP contribution in [0.5, 0.6) is 0 Å². The fourth-order valence-corrected chi connectivity index (χ4v) is 9.51. The van der Waals surface area contributed by atoms with Gasteiger partial charge >= 0.3 is 0 Å². The number of hydrogen-bond acceptors (Lipinski definition) is 0. The van der Waals surface area contributed by atoms with Crippen LogP contribution in [0, 0.1) is 19.8 Å². The maximum atomic E-state index is 4.03. The molecule has 5 aromatic rings. The Morgan fingerprint density at radius 1 is 0.596 bits per heavy atom. The average Bonchev–Trinajstić information content (AvgIpc) is 3.44. The molecular formula is C52H60. The van der Waals surface area contributed by atoms with Gasteiger partial charge in [0.1, 0.15) is 0 Å². The Bertz CT molecular complexity index is 1960. The molecule has 0 aromatic heterocycles. The van der Waals surface area contributed by atoms with E-state index >= 15 is 0 Å². The Balaban J connectivity index is 0.00000126. The third kappa shape index (κ3) is 6.69. The molecule has 0 saturated heterocycles. The molecule has 0 spiro atoms. The van der Waals surface area contributed by atoms with Crippen LogP contribution in [0.1, 0.15) is 140 Å². The largest absolute Gasteiger partial charge is 0.0984 e. The highest BCUT2D eigenvalue weighted by atomic mass is 14.5. The van der Waals surface area contributed by atoms with Gasteiger partial charge in [0.25, 0.3) is 0 Å². The molecule has 0 aliphatic heterocycles. The van der Waals surface area contributed by atoms with Gasteiger partial charge in [0.15, 0.2) is 0 Å². The van der Waals surface area contributed by atoms with Crippen molar-refractivity contribution in [3.63, 3.8) is 0 Å². The van der Waals surface area contributed by atoms with Crippen molar-refractivity contribution in [2.75, 3.05) is 0 Å². The van der Waals surface area contributed by atoms with Gasteiger partial charge in [0.2, 0.25) is 0 Å².